The first-order valence-electron chi connectivity index (χ1n) is 4.47. The molecule has 1 rings (SSSR count). The summed E-state index contributed by atoms with van der Waals surface area (Å²) >= 11 is 0. The molecule has 0 aliphatic heterocycles. The predicted octanol–water partition coefficient (Wildman–Crippen LogP) is 2.34. The first-order valence-corrected chi connectivity index (χ1v) is 4.47. The van der Waals surface area contributed by atoms with E-state index in [1.807, 2.05) is 37.3 Å². The molecule has 68 valence electrons. The molecule has 1 aromatic carbocycles. The Kier molecular flexibility index (Phi) is 3.94. The van der Waals surface area contributed by atoms with Gasteiger partial charge in [0.05, 0.1) is 6.04 Å². The van der Waals surface area contributed by atoms with E-state index >= 15 is 0 Å². The molecule has 0 bridgehead atoms. The molecule has 0 heterocycles. The van der Waals surface area contributed by atoms with Crippen molar-refractivity contribution in [3.63, 3.8) is 0 Å². The van der Waals surface area contributed by atoms with Crippen LogP contribution in [0.4, 0.5) is 0 Å². The van der Waals surface area contributed by atoms with Gasteiger partial charge in [-0.1, -0.05) is 37.3 Å². The zero-order chi connectivity index (χ0) is 9.52. The van der Waals surface area contributed by atoms with Crippen LogP contribution < -0.4 is 0 Å². The maximum atomic E-state index is 10.1. The lowest BCUT2D eigenvalue weighted by atomic mass is 10.1. The Morgan fingerprint density at radius 2 is 2.08 bits per heavy atom. The fourth-order valence-corrected chi connectivity index (χ4v) is 1.24. The van der Waals surface area contributed by atoms with Gasteiger partial charge < -0.3 is 0 Å². The highest BCUT2D eigenvalue weighted by molar-refractivity contribution is 5.34. The van der Waals surface area contributed by atoms with Gasteiger partial charge in [0.25, 0.3) is 0 Å². The summed E-state index contributed by atoms with van der Waals surface area (Å²) in [6.45, 7) is 2.02. The number of benzene rings is 1. The van der Waals surface area contributed by atoms with Crippen LogP contribution in [0.1, 0.15) is 18.9 Å². The average molecular weight is 175 g/mol. The van der Waals surface area contributed by atoms with Crippen LogP contribution >= 0.6 is 0 Å². The minimum atomic E-state index is 0.0832. The zero-order valence-electron chi connectivity index (χ0n) is 7.73. The number of hydrogen-bond donors (Lipinski definition) is 0. The third kappa shape index (κ3) is 3.22. The molecule has 0 amide bonds. The Labute approximate surface area is 78.3 Å². The Morgan fingerprint density at radius 3 is 2.62 bits per heavy atom. The van der Waals surface area contributed by atoms with E-state index in [-0.39, 0.29) is 6.04 Å². The van der Waals surface area contributed by atoms with Crippen molar-refractivity contribution < 1.29 is 4.79 Å². The molecule has 0 fully saturated rings. The van der Waals surface area contributed by atoms with Crippen LogP contribution in [0, 0.1) is 0 Å². The Balaban J connectivity index is 2.61. The molecule has 13 heavy (non-hydrogen) atoms. The summed E-state index contributed by atoms with van der Waals surface area (Å²) in [7, 11) is 0. The van der Waals surface area contributed by atoms with Crippen LogP contribution in [0.25, 0.3) is 0 Å². The number of nitrogens with zero attached hydrogens (tertiary/aromatic N) is 1. The Hall–Kier alpha value is -1.40. The first-order chi connectivity index (χ1) is 6.36. The lowest BCUT2D eigenvalue weighted by molar-refractivity contribution is 0.552. The summed E-state index contributed by atoms with van der Waals surface area (Å²) < 4.78 is 0. The summed E-state index contributed by atoms with van der Waals surface area (Å²) in [6.07, 6.45) is 3.32. The van der Waals surface area contributed by atoms with E-state index in [0.29, 0.717) is 0 Å². The molecule has 0 aliphatic carbocycles. The van der Waals surface area contributed by atoms with Crippen molar-refractivity contribution in [2.45, 2.75) is 25.8 Å². The van der Waals surface area contributed by atoms with Crippen molar-refractivity contribution in [3.8, 4) is 0 Å². The third-order valence-corrected chi connectivity index (χ3v) is 2.02. The third-order valence-electron chi connectivity index (χ3n) is 2.02. The monoisotopic (exact) mass is 175 g/mol. The average Bonchev–Trinajstić information content (AvgIpc) is 2.19. The highest BCUT2D eigenvalue weighted by Gasteiger charge is 2.03. The second-order valence-corrected chi connectivity index (χ2v) is 2.97. The minimum absolute atomic E-state index is 0.0832. The van der Waals surface area contributed by atoms with Crippen molar-refractivity contribution in [3.05, 3.63) is 35.9 Å². The van der Waals surface area contributed by atoms with Gasteiger partial charge in [-0.3, -0.25) is 0 Å². The maximum Gasteiger partial charge on any atom is 0.235 e. The molecule has 1 aromatic rings. The molecular formula is C11H13NO. The van der Waals surface area contributed by atoms with E-state index in [1.165, 1.54) is 5.56 Å². The molecule has 0 aromatic heterocycles. The SMILES string of the molecule is CC[C@H](Cc1ccccc1)N=C=O. The summed E-state index contributed by atoms with van der Waals surface area (Å²) in [4.78, 5) is 13.8. The standard InChI is InChI=1S/C11H13NO/c1-2-11(12-9-13)8-10-6-4-3-5-7-10/h3-7,11H,2,8H2,1H3/t11-/m1/s1. The molecule has 0 spiro atoms. The smallest absolute Gasteiger partial charge is 0.211 e. The highest BCUT2D eigenvalue weighted by Crippen LogP contribution is 2.07. The van der Waals surface area contributed by atoms with E-state index in [9.17, 15) is 4.79 Å². The molecule has 0 radical (unpaired) electrons. The van der Waals surface area contributed by atoms with E-state index in [1.54, 1.807) is 6.08 Å². The number of rotatable bonds is 4. The fraction of sp³-hybridized carbons (Fsp3) is 0.364. The van der Waals surface area contributed by atoms with Crippen LogP contribution in [0.3, 0.4) is 0 Å². The van der Waals surface area contributed by atoms with Gasteiger partial charge in [-0.15, -0.1) is 0 Å². The maximum absolute atomic E-state index is 10.1. The number of carbonyl (C=O) groups excluding carboxylic acids is 1. The van der Waals surface area contributed by atoms with Crippen LogP contribution in [-0.2, 0) is 11.2 Å². The summed E-state index contributed by atoms with van der Waals surface area (Å²) in [6, 6.07) is 10.1. The van der Waals surface area contributed by atoms with Crippen molar-refractivity contribution >= 4 is 6.08 Å². The lowest BCUT2D eigenvalue weighted by Gasteiger charge is -2.06. The van der Waals surface area contributed by atoms with Gasteiger partial charge in [-0.2, -0.15) is 0 Å². The van der Waals surface area contributed by atoms with Crippen molar-refractivity contribution in [1.29, 1.82) is 0 Å². The highest BCUT2D eigenvalue weighted by atomic mass is 16.1. The van der Waals surface area contributed by atoms with E-state index < -0.39 is 0 Å². The number of aliphatic imine (C=N–C) groups is 1. The summed E-state index contributed by atoms with van der Waals surface area (Å²) in [5, 5.41) is 0. The topological polar surface area (TPSA) is 29.4 Å². The Morgan fingerprint density at radius 1 is 1.38 bits per heavy atom. The summed E-state index contributed by atoms with van der Waals surface area (Å²) in [5.41, 5.74) is 1.22. The number of isocyanates is 1. The predicted molar refractivity (Wildman–Crippen MR) is 52.3 cm³/mol. The zero-order valence-corrected chi connectivity index (χ0v) is 7.73. The van der Waals surface area contributed by atoms with Crippen LogP contribution in [-0.4, -0.2) is 12.1 Å². The second kappa shape index (κ2) is 5.28. The van der Waals surface area contributed by atoms with Gasteiger partial charge in [-0.05, 0) is 18.4 Å². The van der Waals surface area contributed by atoms with Crippen molar-refractivity contribution in [2.75, 3.05) is 0 Å². The molecular weight excluding hydrogens is 162 g/mol. The van der Waals surface area contributed by atoms with E-state index in [0.717, 1.165) is 12.8 Å². The van der Waals surface area contributed by atoms with Gasteiger partial charge in [0, 0.05) is 0 Å². The molecule has 1 atom stereocenters. The molecule has 2 heteroatoms. The van der Waals surface area contributed by atoms with Gasteiger partial charge in [0.1, 0.15) is 0 Å². The summed E-state index contributed by atoms with van der Waals surface area (Å²) in [5.74, 6) is 0. The number of hydrogen-bond acceptors (Lipinski definition) is 2. The second-order valence-electron chi connectivity index (χ2n) is 2.97. The van der Waals surface area contributed by atoms with Gasteiger partial charge >= 0.3 is 0 Å². The molecule has 0 N–H and O–H groups in total. The normalized spacial score (nSPS) is 11.8. The van der Waals surface area contributed by atoms with E-state index in [4.69, 9.17) is 0 Å². The van der Waals surface area contributed by atoms with Gasteiger partial charge in [0.2, 0.25) is 6.08 Å². The molecule has 0 saturated carbocycles. The molecule has 2 nitrogen and oxygen atoms in total. The minimum Gasteiger partial charge on any atom is -0.211 e. The quantitative estimate of drug-likeness (QED) is 0.510. The first kappa shape index (κ1) is 9.69. The molecule has 0 aliphatic rings. The van der Waals surface area contributed by atoms with Crippen LogP contribution in [0.5, 0.6) is 0 Å². The van der Waals surface area contributed by atoms with Crippen molar-refractivity contribution in [1.82, 2.24) is 0 Å². The van der Waals surface area contributed by atoms with Gasteiger partial charge in [-0.25, -0.2) is 9.79 Å². The van der Waals surface area contributed by atoms with E-state index in [2.05, 4.69) is 4.99 Å². The fourth-order valence-electron chi connectivity index (χ4n) is 1.24. The van der Waals surface area contributed by atoms with Gasteiger partial charge in [0.15, 0.2) is 0 Å². The van der Waals surface area contributed by atoms with Crippen molar-refractivity contribution in [2.24, 2.45) is 4.99 Å². The Bertz CT molecular complexity index is 288. The molecule has 0 unspecified atom stereocenters. The molecule has 0 saturated heterocycles. The van der Waals surface area contributed by atoms with Crippen LogP contribution in [0.2, 0.25) is 0 Å². The van der Waals surface area contributed by atoms with Crippen LogP contribution in [0.15, 0.2) is 35.3 Å². The largest absolute Gasteiger partial charge is 0.235 e. The lowest BCUT2D eigenvalue weighted by Crippen LogP contribution is -2.06.